The second-order valence-electron chi connectivity index (χ2n) is 3.69. The maximum absolute atomic E-state index is 5.54. The predicted octanol–water partition coefficient (Wildman–Crippen LogP) is 1.62. The third-order valence-electron chi connectivity index (χ3n) is 2.63. The molecule has 1 heterocycles. The lowest BCUT2D eigenvalue weighted by Crippen LogP contribution is -2.21. The summed E-state index contributed by atoms with van der Waals surface area (Å²) in [6, 6.07) is 0. The largest absolute Gasteiger partial charge is 0.446 e. The molecule has 0 spiro atoms. The second kappa shape index (κ2) is 3.50. The van der Waals surface area contributed by atoms with Gasteiger partial charge in [-0.1, -0.05) is 0 Å². The first kappa shape index (κ1) is 8.75. The zero-order valence-electron chi connectivity index (χ0n) is 8.26. The number of likely N-dealkylation sites (N-methyl/N-ethyl adjacent to an activating group) is 1. The lowest BCUT2D eigenvalue weighted by atomic mass is 9.90. The molecule has 1 aromatic rings. The summed E-state index contributed by atoms with van der Waals surface area (Å²) < 4.78 is 5.54. The first-order valence-corrected chi connectivity index (χ1v) is 4.92. The molecule has 1 aromatic heterocycles. The highest BCUT2D eigenvalue weighted by molar-refractivity contribution is 5.18. The van der Waals surface area contributed by atoms with E-state index in [1.165, 1.54) is 18.5 Å². The number of nitrogens with one attached hydrogen (secondary N) is 1. The average molecular weight is 180 g/mol. The summed E-state index contributed by atoms with van der Waals surface area (Å²) in [5.74, 6) is 2.49. The Morgan fingerprint density at radius 1 is 1.62 bits per heavy atom. The standard InChI is InChI=1S/C10H16N2O/c1-7-12-10-8(6-11-2)4-3-5-9(10)13-7/h8,11H,3-6H2,1-2H3. The summed E-state index contributed by atoms with van der Waals surface area (Å²) in [7, 11) is 1.99. The Labute approximate surface area is 78.5 Å². The molecule has 0 amide bonds. The quantitative estimate of drug-likeness (QED) is 0.751. The molecule has 1 N–H and O–H groups in total. The van der Waals surface area contributed by atoms with E-state index < -0.39 is 0 Å². The van der Waals surface area contributed by atoms with Gasteiger partial charge in [0.25, 0.3) is 0 Å². The Hall–Kier alpha value is -0.830. The first-order chi connectivity index (χ1) is 6.31. The zero-order chi connectivity index (χ0) is 9.26. The number of hydrogen-bond acceptors (Lipinski definition) is 3. The fourth-order valence-electron chi connectivity index (χ4n) is 2.07. The summed E-state index contributed by atoms with van der Waals surface area (Å²) >= 11 is 0. The Morgan fingerprint density at radius 2 is 2.46 bits per heavy atom. The third-order valence-corrected chi connectivity index (χ3v) is 2.63. The number of rotatable bonds is 2. The van der Waals surface area contributed by atoms with Crippen molar-refractivity contribution >= 4 is 0 Å². The van der Waals surface area contributed by atoms with Crippen molar-refractivity contribution in [2.75, 3.05) is 13.6 Å². The maximum atomic E-state index is 5.54. The highest BCUT2D eigenvalue weighted by Crippen LogP contribution is 2.30. The molecule has 3 nitrogen and oxygen atoms in total. The van der Waals surface area contributed by atoms with Crippen LogP contribution in [0, 0.1) is 6.92 Å². The molecule has 1 atom stereocenters. The minimum absolute atomic E-state index is 0.561. The molecule has 0 fully saturated rings. The fraction of sp³-hybridized carbons (Fsp3) is 0.700. The van der Waals surface area contributed by atoms with Crippen LogP contribution in [-0.2, 0) is 6.42 Å². The molecule has 0 aromatic carbocycles. The smallest absolute Gasteiger partial charge is 0.191 e. The number of fused-ring (bicyclic) bond motifs is 1. The number of nitrogens with zero attached hydrogens (tertiary/aromatic N) is 1. The zero-order valence-corrected chi connectivity index (χ0v) is 8.26. The van der Waals surface area contributed by atoms with Gasteiger partial charge in [0.15, 0.2) is 5.89 Å². The monoisotopic (exact) mass is 180 g/mol. The molecule has 0 aliphatic heterocycles. The summed E-state index contributed by atoms with van der Waals surface area (Å²) in [4.78, 5) is 4.44. The summed E-state index contributed by atoms with van der Waals surface area (Å²) in [6.07, 6.45) is 3.53. The number of hydrogen-bond donors (Lipinski definition) is 1. The minimum atomic E-state index is 0.561. The van der Waals surface area contributed by atoms with Gasteiger partial charge in [-0.15, -0.1) is 0 Å². The van der Waals surface area contributed by atoms with Gasteiger partial charge in [0.1, 0.15) is 5.76 Å². The van der Waals surface area contributed by atoms with Crippen LogP contribution in [0.25, 0.3) is 0 Å². The molecule has 1 aliphatic rings. The molecule has 0 saturated carbocycles. The van der Waals surface area contributed by atoms with E-state index in [4.69, 9.17) is 4.42 Å². The van der Waals surface area contributed by atoms with Crippen LogP contribution >= 0.6 is 0 Å². The van der Waals surface area contributed by atoms with Crippen LogP contribution in [0.1, 0.15) is 36.1 Å². The predicted molar refractivity (Wildman–Crippen MR) is 50.8 cm³/mol. The Bertz CT molecular complexity index is 293. The maximum Gasteiger partial charge on any atom is 0.191 e. The van der Waals surface area contributed by atoms with E-state index in [0.717, 1.165) is 24.6 Å². The van der Waals surface area contributed by atoms with Crippen LogP contribution in [-0.4, -0.2) is 18.6 Å². The molecule has 2 rings (SSSR count). The van der Waals surface area contributed by atoms with Gasteiger partial charge in [-0.05, 0) is 19.9 Å². The van der Waals surface area contributed by atoms with Gasteiger partial charge in [-0.3, -0.25) is 0 Å². The van der Waals surface area contributed by atoms with E-state index in [0.29, 0.717) is 5.92 Å². The van der Waals surface area contributed by atoms with E-state index in [1.54, 1.807) is 0 Å². The lowest BCUT2D eigenvalue weighted by molar-refractivity contribution is 0.431. The van der Waals surface area contributed by atoms with Gasteiger partial charge < -0.3 is 9.73 Å². The average Bonchev–Trinajstić information content (AvgIpc) is 2.47. The molecular weight excluding hydrogens is 164 g/mol. The highest BCUT2D eigenvalue weighted by atomic mass is 16.4. The van der Waals surface area contributed by atoms with Crippen LogP contribution in [0.2, 0.25) is 0 Å². The van der Waals surface area contributed by atoms with E-state index in [1.807, 2.05) is 14.0 Å². The van der Waals surface area contributed by atoms with Gasteiger partial charge in [0.2, 0.25) is 0 Å². The van der Waals surface area contributed by atoms with Crippen molar-refractivity contribution in [3.63, 3.8) is 0 Å². The molecular formula is C10H16N2O. The molecule has 13 heavy (non-hydrogen) atoms. The van der Waals surface area contributed by atoms with Crippen molar-refractivity contribution in [1.82, 2.24) is 10.3 Å². The minimum Gasteiger partial charge on any atom is -0.446 e. The molecule has 72 valence electrons. The summed E-state index contributed by atoms with van der Waals surface area (Å²) in [5.41, 5.74) is 1.19. The summed E-state index contributed by atoms with van der Waals surface area (Å²) in [6.45, 7) is 2.94. The van der Waals surface area contributed by atoms with Crippen molar-refractivity contribution in [2.24, 2.45) is 0 Å². The molecule has 1 unspecified atom stereocenters. The van der Waals surface area contributed by atoms with Gasteiger partial charge >= 0.3 is 0 Å². The van der Waals surface area contributed by atoms with Crippen molar-refractivity contribution in [2.45, 2.75) is 32.1 Å². The fourth-order valence-corrected chi connectivity index (χ4v) is 2.07. The molecule has 3 heteroatoms. The van der Waals surface area contributed by atoms with Crippen LogP contribution in [0.4, 0.5) is 0 Å². The Morgan fingerprint density at radius 3 is 3.23 bits per heavy atom. The van der Waals surface area contributed by atoms with E-state index in [-0.39, 0.29) is 0 Å². The Balaban J connectivity index is 2.25. The summed E-state index contributed by atoms with van der Waals surface area (Å²) in [5, 5.41) is 3.21. The second-order valence-corrected chi connectivity index (χ2v) is 3.69. The topological polar surface area (TPSA) is 38.1 Å². The van der Waals surface area contributed by atoms with Gasteiger partial charge in [0.05, 0.1) is 5.69 Å². The van der Waals surface area contributed by atoms with Crippen LogP contribution in [0.5, 0.6) is 0 Å². The van der Waals surface area contributed by atoms with Crippen molar-refractivity contribution in [3.05, 3.63) is 17.3 Å². The van der Waals surface area contributed by atoms with Crippen molar-refractivity contribution in [3.8, 4) is 0 Å². The SMILES string of the molecule is CNCC1CCCc2oc(C)nc21. The number of oxazole rings is 1. The molecule has 0 radical (unpaired) electrons. The molecule has 0 saturated heterocycles. The highest BCUT2D eigenvalue weighted by Gasteiger charge is 2.24. The van der Waals surface area contributed by atoms with Crippen LogP contribution in [0.3, 0.4) is 0 Å². The third kappa shape index (κ3) is 1.61. The van der Waals surface area contributed by atoms with Gasteiger partial charge in [-0.25, -0.2) is 4.98 Å². The number of aryl methyl sites for hydroxylation is 2. The van der Waals surface area contributed by atoms with E-state index in [9.17, 15) is 0 Å². The molecule has 0 bridgehead atoms. The van der Waals surface area contributed by atoms with Crippen molar-refractivity contribution < 1.29 is 4.42 Å². The van der Waals surface area contributed by atoms with Crippen LogP contribution < -0.4 is 5.32 Å². The normalized spacial score (nSPS) is 21.5. The van der Waals surface area contributed by atoms with Crippen molar-refractivity contribution in [1.29, 1.82) is 0 Å². The van der Waals surface area contributed by atoms with E-state index in [2.05, 4.69) is 10.3 Å². The lowest BCUT2D eigenvalue weighted by Gasteiger charge is -2.19. The Kier molecular flexibility index (Phi) is 2.36. The van der Waals surface area contributed by atoms with Gasteiger partial charge in [-0.2, -0.15) is 0 Å². The first-order valence-electron chi connectivity index (χ1n) is 4.92. The van der Waals surface area contributed by atoms with Gasteiger partial charge in [0, 0.05) is 25.8 Å². The van der Waals surface area contributed by atoms with Crippen LogP contribution in [0.15, 0.2) is 4.42 Å². The molecule has 1 aliphatic carbocycles. The van der Waals surface area contributed by atoms with E-state index >= 15 is 0 Å². The number of aromatic nitrogens is 1.